The first kappa shape index (κ1) is 5.22. The molecule has 1 N–H and O–H groups in total. The lowest BCUT2D eigenvalue weighted by molar-refractivity contribution is 0.354. The number of hydrogen-bond acceptors (Lipinski definition) is 3. The fourth-order valence-electron chi connectivity index (χ4n) is 0.829. The molecule has 4 nitrogen and oxygen atoms in total. The van der Waals surface area contributed by atoms with E-state index in [1.807, 2.05) is 0 Å². The number of fused-ring (bicyclic) bond motifs is 1. The van der Waals surface area contributed by atoms with Crippen molar-refractivity contribution in [3.05, 3.63) is 23.2 Å². The van der Waals surface area contributed by atoms with Gasteiger partial charge >= 0.3 is 0 Å². The van der Waals surface area contributed by atoms with Crippen molar-refractivity contribution in [3.8, 4) is 0 Å². The number of nitrogens with zero attached hydrogens (tertiary/aromatic N) is 2. The van der Waals surface area contributed by atoms with Gasteiger partial charge in [-0.1, -0.05) is 6.58 Å². The number of rotatable bonds is 0. The largest absolute Gasteiger partial charge is 0.372 e. The second-order valence-electron chi connectivity index (χ2n) is 1.97. The van der Waals surface area contributed by atoms with Crippen molar-refractivity contribution in [2.75, 3.05) is 0 Å². The predicted octanol–water partition coefficient (Wildman–Crippen LogP) is -0.464. The molecule has 2 rings (SSSR count). The summed E-state index contributed by atoms with van der Waals surface area (Å²) in [7, 11) is 0. The Morgan fingerprint density at radius 2 is 2.50 bits per heavy atom. The van der Waals surface area contributed by atoms with Gasteiger partial charge in [0.25, 0.3) is 0 Å². The molecule has 0 aliphatic rings. The molecular weight excluding hydrogens is 130 g/mol. The fraction of sp³-hybridized carbons (Fsp3) is 0. The van der Waals surface area contributed by atoms with Gasteiger partial charge in [-0.05, 0) is 0 Å². The van der Waals surface area contributed by atoms with Crippen molar-refractivity contribution in [2.24, 2.45) is 0 Å². The Balaban J connectivity index is 3.24. The second kappa shape index (κ2) is 1.47. The smallest absolute Gasteiger partial charge is 0.197 e. The molecule has 4 heteroatoms. The maximum Gasteiger partial charge on any atom is 0.197 e. The number of hydrogen-bond donors (Lipinski definition) is 1. The van der Waals surface area contributed by atoms with Gasteiger partial charge in [-0.15, -0.1) is 0 Å². The highest BCUT2D eigenvalue weighted by atomic mass is 16.5. The molecule has 10 heavy (non-hydrogen) atoms. The average Bonchev–Trinajstić information content (AvgIpc) is 2.41. The molecule has 0 radical (unpaired) electrons. The van der Waals surface area contributed by atoms with Gasteiger partial charge < -0.3 is 4.52 Å². The third kappa shape index (κ3) is 0.452. The van der Waals surface area contributed by atoms with Gasteiger partial charge in [-0.2, -0.15) is 4.57 Å². The highest BCUT2D eigenvalue weighted by Crippen LogP contribution is 1.87. The van der Waals surface area contributed by atoms with Crippen LogP contribution >= 0.6 is 0 Å². The van der Waals surface area contributed by atoms with Crippen molar-refractivity contribution in [2.45, 2.75) is 0 Å². The quantitative estimate of drug-likeness (QED) is 0.531. The summed E-state index contributed by atoms with van der Waals surface area (Å²) in [5, 5.41) is 7.60. The van der Waals surface area contributed by atoms with Crippen molar-refractivity contribution in [1.29, 1.82) is 5.41 Å². The molecule has 0 bridgehead atoms. The zero-order valence-electron chi connectivity index (χ0n) is 5.16. The summed E-state index contributed by atoms with van der Waals surface area (Å²) in [5.41, 5.74) is 0.869. The van der Waals surface area contributed by atoms with Crippen LogP contribution in [-0.4, -0.2) is 9.56 Å². The minimum atomic E-state index is 0.255. The van der Waals surface area contributed by atoms with Gasteiger partial charge in [-0.3, -0.25) is 5.41 Å². The monoisotopic (exact) mass is 135 g/mol. The standard InChI is InChI=1S/C6H5N3O/c1-4-5(7)6-8-2-3-9(6)10-4/h2-3,7H,1H2. The molecule has 2 heterocycles. The van der Waals surface area contributed by atoms with Gasteiger partial charge in [-0.25, -0.2) is 4.98 Å². The van der Waals surface area contributed by atoms with Gasteiger partial charge in [0.15, 0.2) is 11.1 Å². The van der Waals surface area contributed by atoms with Crippen LogP contribution in [0.1, 0.15) is 0 Å². The van der Waals surface area contributed by atoms with Crippen molar-refractivity contribution in [1.82, 2.24) is 9.56 Å². The van der Waals surface area contributed by atoms with E-state index in [2.05, 4.69) is 11.6 Å². The lowest BCUT2D eigenvalue weighted by atomic mass is 10.6. The molecular formula is C6H5N3O. The van der Waals surface area contributed by atoms with E-state index in [4.69, 9.17) is 9.93 Å². The van der Waals surface area contributed by atoms with Crippen LogP contribution in [0.4, 0.5) is 0 Å². The molecule has 0 fully saturated rings. The Morgan fingerprint density at radius 3 is 3.20 bits per heavy atom. The highest BCUT2D eigenvalue weighted by molar-refractivity contribution is 5.33. The lowest BCUT2D eigenvalue weighted by Crippen LogP contribution is -2.16. The van der Waals surface area contributed by atoms with E-state index in [1.54, 1.807) is 12.4 Å². The van der Waals surface area contributed by atoms with Crippen LogP contribution in [0.3, 0.4) is 0 Å². The van der Waals surface area contributed by atoms with Gasteiger partial charge in [0.05, 0.1) is 6.20 Å². The maximum atomic E-state index is 7.35. The molecule has 2 aromatic rings. The van der Waals surface area contributed by atoms with E-state index in [0.29, 0.717) is 11.1 Å². The summed E-state index contributed by atoms with van der Waals surface area (Å²) in [6.45, 7) is 3.51. The number of aromatic nitrogens is 2. The zero-order chi connectivity index (χ0) is 7.14. The molecule has 0 unspecified atom stereocenters. The molecule has 0 saturated heterocycles. The summed E-state index contributed by atoms with van der Waals surface area (Å²) in [4.78, 5) is 3.88. The molecule has 0 atom stereocenters. The van der Waals surface area contributed by atoms with Crippen LogP contribution in [0.25, 0.3) is 12.2 Å². The zero-order valence-corrected chi connectivity index (χ0v) is 5.16. The molecule has 50 valence electrons. The van der Waals surface area contributed by atoms with E-state index in [-0.39, 0.29) is 5.36 Å². The van der Waals surface area contributed by atoms with Crippen LogP contribution in [0.15, 0.2) is 16.9 Å². The normalized spacial score (nSPS) is 10.8. The van der Waals surface area contributed by atoms with Crippen LogP contribution in [0.2, 0.25) is 0 Å². The predicted molar refractivity (Wildman–Crippen MR) is 34.1 cm³/mol. The molecule has 2 aromatic heterocycles. The summed E-state index contributed by atoms with van der Waals surface area (Å²) >= 11 is 0. The Kier molecular flexibility index (Phi) is 0.768. The Hall–Kier alpha value is -1.58. The first-order valence-corrected chi connectivity index (χ1v) is 2.79. The minimum Gasteiger partial charge on any atom is -0.372 e. The Labute approximate surface area is 55.9 Å². The highest BCUT2D eigenvalue weighted by Gasteiger charge is 1.99. The molecule has 0 spiro atoms. The molecule has 0 aromatic carbocycles. The SMILES string of the molecule is C=c1on2ccnc2c1=N. The lowest BCUT2D eigenvalue weighted by Gasteiger charge is -1.72. The first-order valence-electron chi connectivity index (χ1n) is 2.79. The van der Waals surface area contributed by atoms with E-state index < -0.39 is 0 Å². The Bertz CT molecular complexity index is 453. The average molecular weight is 135 g/mol. The fourth-order valence-corrected chi connectivity index (χ4v) is 0.829. The van der Waals surface area contributed by atoms with E-state index in [0.717, 1.165) is 0 Å². The molecule has 0 aliphatic heterocycles. The summed E-state index contributed by atoms with van der Waals surface area (Å²) in [6.07, 6.45) is 3.22. The van der Waals surface area contributed by atoms with E-state index in [9.17, 15) is 0 Å². The summed E-state index contributed by atoms with van der Waals surface area (Å²) < 4.78 is 6.42. The van der Waals surface area contributed by atoms with Gasteiger partial charge in [0.2, 0.25) is 0 Å². The molecule has 0 amide bonds. The number of nitrogens with one attached hydrogen (secondary N) is 1. The second-order valence-corrected chi connectivity index (χ2v) is 1.97. The topological polar surface area (TPSA) is 54.3 Å². The first-order chi connectivity index (χ1) is 4.79. The van der Waals surface area contributed by atoms with Crippen molar-refractivity contribution in [3.63, 3.8) is 0 Å². The summed E-state index contributed by atoms with van der Waals surface area (Å²) in [5.74, 6) is 0. The maximum absolute atomic E-state index is 7.35. The number of imidazole rings is 1. The van der Waals surface area contributed by atoms with Crippen LogP contribution in [0, 0.1) is 5.41 Å². The van der Waals surface area contributed by atoms with E-state index >= 15 is 0 Å². The van der Waals surface area contributed by atoms with Crippen LogP contribution in [0.5, 0.6) is 0 Å². The minimum absolute atomic E-state index is 0.255. The molecule has 0 aliphatic carbocycles. The van der Waals surface area contributed by atoms with Gasteiger partial charge in [0, 0.05) is 6.20 Å². The third-order valence-corrected chi connectivity index (χ3v) is 1.32. The van der Waals surface area contributed by atoms with Crippen molar-refractivity contribution >= 4 is 12.2 Å². The third-order valence-electron chi connectivity index (χ3n) is 1.32. The Morgan fingerprint density at radius 1 is 1.70 bits per heavy atom. The van der Waals surface area contributed by atoms with Crippen LogP contribution < -0.4 is 10.8 Å². The molecule has 0 saturated carbocycles. The van der Waals surface area contributed by atoms with Gasteiger partial charge in [0.1, 0.15) is 5.36 Å². The van der Waals surface area contributed by atoms with Crippen molar-refractivity contribution < 1.29 is 4.52 Å². The van der Waals surface area contributed by atoms with E-state index in [1.165, 1.54) is 4.57 Å². The van der Waals surface area contributed by atoms with Crippen LogP contribution in [-0.2, 0) is 0 Å². The summed E-state index contributed by atoms with van der Waals surface area (Å²) in [6, 6.07) is 0.